The lowest BCUT2D eigenvalue weighted by atomic mass is 9.87. The Morgan fingerprint density at radius 3 is 2.30 bits per heavy atom. The minimum atomic E-state index is -3.10. The summed E-state index contributed by atoms with van der Waals surface area (Å²) in [6.07, 6.45) is 0.378. The van der Waals surface area contributed by atoms with Crippen LogP contribution in [0.1, 0.15) is 27.2 Å². The van der Waals surface area contributed by atoms with Gasteiger partial charge in [0.15, 0.2) is 9.84 Å². The predicted octanol–water partition coefficient (Wildman–Crippen LogP) is 0.316. The molecule has 1 atom stereocenters. The van der Waals surface area contributed by atoms with Crippen LogP contribution < -0.4 is 5.32 Å². The third-order valence-corrected chi connectivity index (χ3v) is 4.94. The van der Waals surface area contributed by atoms with E-state index in [1.54, 1.807) is 20.8 Å². The Bertz CT molecular complexity index is 481. The van der Waals surface area contributed by atoms with Crippen molar-refractivity contribution in [2.45, 2.75) is 33.2 Å². The van der Waals surface area contributed by atoms with Gasteiger partial charge in [-0.05, 0) is 11.8 Å². The standard InChI is InChI=1S/C12H22N2O5S/c1-12(2,3)9(10(15)16)13-11(17)14-5-4-7-20(18,19)8-6-14/h9H,4-8H2,1-3H3,(H,13,17)(H,15,16)/t9-/m1/s1. The van der Waals surface area contributed by atoms with Gasteiger partial charge in [0, 0.05) is 13.1 Å². The molecule has 0 aromatic rings. The minimum absolute atomic E-state index is 0.0679. The van der Waals surface area contributed by atoms with E-state index in [-0.39, 0.29) is 18.1 Å². The molecule has 1 fully saturated rings. The minimum Gasteiger partial charge on any atom is -0.480 e. The molecule has 116 valence electrons. The lowest BCUT2D eigenvalue weighted by Crippen LogP contribution is -2.53. The maximum Gasteiger partial charge on any atom is 0.326 e. The average molecular weight is 306 g/mol. The number of hydrogen-bond acceptors (Lipinski definition) is 4. The van der Waals surface area contributed by atoms with E-state index in [4.69, 9.17) is 5.11 Å². The van der Waals surface area contributed by atoms with E-state index in [2.05, 4.69) is 5.32 Å². The van der Waals surface area contributed by atoms with Crippen LogP contribution in [0.15, 0.2) is 0 Å². The Morgan fingerprint density at radius 2 is 1.80 bits per heavy atom. The molecule has 1 rings (SSSR count). The van der Waals surface area contributed by atoms with Crippen LogP contribution >= 0.6 is 0 Å². The molecule has 0 radical (unpaired) electrons. The van der Waals surface area contributed by atoms with E-state index in [9.17, 15) is 18.0 Å². The normalized spacial score (nSPS) is 20.9. The van der Waals surface area contributed by atoms with Gasteiger partial charge in [-0.25, -0.2) is 18.0 Å². The number of carboxylic acid groups (broad SMARTS) is 1. The van der Waals surface area contributed by atoms with Crippen LogP contribution in [-0.2, 0) is 14.6 Å². The molecular formula is C12H22N2O5S. The van der Waals surface area contributed by atoms with Gasteiger partial charge in [-0.2, -0.15) is 0 Å². The first-order chi connectivity index (χ1) is 9.03. The smallest absolute Gasteiger partial charge is 0.326 e. The number of sulfone groups is 1. The number of nitrogens with zero attached hydrogens (tertiary/aromatic N) is 1. The molecule has 2 N–H and O–H groups in total. The van der Waals surface area contributed by atoms with Crippen molar-refractivity contribution in [1.82, 2.24) is 10.2 Å². The Kier molecular flexibility index (Phi) is 5.01. The molecule has 0 saturated carbocycles. The van der Waals surface area contributed by atoms with Gasteiger partial charge in [-0.15, -0.1) is 0 Å². The van der Waals surface area contributed by atoms with Crippen LogP contribution in [0, 0.1) is 5.41 Å². The summed E-state index contributed by atoms with van der Waals surface area (Å²) in [4.78, 5) is 24.7. The number of carbonyl (C=O) groups is 2. The summed E-state index contributed by atoms with van der Waals surface area (Å²) in [7, 11) is -3.10. The lowest BCUT2D eigenvalue weighted by molar-refractivity contribution is -0.142. The number of hydrogen-bond donors (Lipinski definition) is 2. The van der Waals surface area contributed by atoms with Gasteiger partial charge in [0.1, 0.15) is 6.04 Å². The van der Waals surface area contributed by atoms with E-state index < -0.39 is 33.3 Å². The van der Waals surface area contributed by atoms with Gasteiger partial charge in [-0.3, -0.25) is 0 Å². The van der Waals surface area contributed by atoms with Crippen molar-refractivity contribution in [3.8, 4) is 0 Å². The Morgan fingerprint density at radius 1 is 1.20 bits per heavy atom. The zero-order valence-corrected chi connectivity index (χ0v) is 12.9. The van der Waals surface area contributed by atoms with Gasteiger partial charge in [0.05, 0.1) is 11.5 Å². The van der Waals surface area contributed by atoms with Crippen LogP contribution in [0.4, 0.5) is 4.79 Å². The van der Waals surface area contributed by atoms with Gasteiger partial charge in [0.25, 0.3) is 0 Å². The molecule has 1 aliphatic rings. The molecule has 0 aromatic heterocycles. The number of urea groups is 1. The topological polar surface area (TPSA) is 104 Å². The van der Waals surface area contributed by atoms with Crippen LogP contribution in [0.25, 0.3) is 0 Å². The summed E-state index contributed by atoms with van der Waals surface area (Å²) in [5.74, 6) is -1.11. The summed E-state index contributed by atoms with van der Waals surface area (Å²) in [5, 5.41) is 11.6. The lowest BCUT2D eigenvalue weighted by Gasteiger charge is -2.30. The van der Waals surface area contributed by atoms with Gasteiger partial charge in [-0.1, -0.05) is 20.8 Å². The molecule has 0 aliphatic carbocycles. The largest absolute Gasteiger partial charge is 0.480 e. The van der Waals surface area contributed by atoms with E-state index in [0.717, 1.165) is 0 Å². The van der Waals surface area contributed by atoms with Crippen molar-refractivity contribution < 1.29 is 23.1 Å². The van der Waals surface area contributed by atoms with Crippen molar-refractivity contribution >= 4 is 21.8 Å². The first-order valence-corrected chi connectivity index (χ1v) is 8.34. The second-order valence-electron chi connectivity index (χ2n) is 6.08. The number of aliphatic carboxylic acids is 1. The number of carboxylic acids is 1. The number of nitrogens with one attached hydrogen (secondary N) is 1. The predicted molar refractivity (Wildman–Crippen MR) is 74.3 cm³/mol. The van der Waals surface area contributed by atoms with E-state index in [1.807, 2.05) is 0 Å². The molecule has 0 bridgehead atoms. The highest BCUT2D eigenvalue weighted by Gasteiger charge is 2.34. The van der Waals surface area contributed by atoms with Crippen LogP contribution in [0.3, 0.4) is 0 Å². The first-order valence-electron chi connectivity index (χ1n) is 6.51. The van der Waals surface area contributed by atoms with Gasteiger partial charge in [0.2, 0.25) is 0 Å². The van der Waals surface area contributed by atoms with Crippen LogP contribution in [0.2, 0.25) is 0 Å². The second-order valence-corrected chi connectivity index (χ2v) is 8.38. The third kappa shape index (κ3) is 4.66. The molecule has 8 heteroatoms. The molecule has 0 unspecified atom stereocenters. The molecular weight excluding hydrogens is 284 g/mol. The molecule has 0 spiro atoms. The highest BCUT2D eigenvalue weighted by molar-refractivity contribution is 7.91. The fraction of sp³-hybridized carbons (Fsp3) is 0.833. The number of carbonyl (C=O) groups excluding carboxylic acids is 1. The SMILES string of the molecule is CC(C)(C)[C@H](NC(=O)N1CCCS(=O)(=O)CC1)C(=O)O. The molecule has 1 aliphatic heterocycles. The van der Waals surface area contributed by atoms with Crippen molar-refractivity contribution in [1.29, 1.82) is 0 Å². The van der Waals surface area contributed by atoms with Crippen molar-refractivity contribution in [3.05, 3.63) is 0 Å². The maximum absolute atomic E-state index is 12.1. The van der Waals surface area contributed by atoms with Crippen molar-refractivity contribution in [3.63, 3.8) is 0 Å². The van der Waals surface area contributed by atoms with Gasteiger partial charge >= 0.3 is 12.0 Å². The third-order valence-electron chi connectivity index (χ3n) is 3.22. The fourth-order valence-corrected chi connectivity index (χ4v) is 3.28. The first kappa shape index (κ1) is 16.7. The summed E-state index contributed by atoms with van der Waals surface area (Å²) in [5.41, 5.74) is -0.626. The Balaban J connectivity index is 2.73. The summed E-state index contributed by atoms with van der Waals surface area (Å²) in [6, 6.07) is -1.54. The van der Waals surface area contributed by atoms with Crippen molar-refractivity contribution in [2.75, 3.05) is 24.6 Å². The summed E-state index contributed by atoms with van der Waals surface area (Å²) >= 11 is 0. The molecule has 7 nitrogen and oxygen atoms in total. The molecule has 20 heavy (non-hydrogen) atoms. The fourth-order valence-electron chi connectivity index (χ4n) is 2.00. The Labute approximate surface area is 119 Å². The second kappa shape index (κ2) is 5.99. The van der Waals surface area contributed by atoms with E-state index >= 15 is 0 Å². The number of rotatable bonds is 2. The highest BCUT2D eigenvalue weighted by atomic mass is 32.2. The zero-order valence-electron chi connectivity index (χ0n) is 12.0. The summed E-state index contributed by atoms with van der Waals surface area (Å²) in [6.45, 7) is 5.59. The van der Waals surface area contributed by atoms with Crippen LogP contribution in [0.5, 0.6) is 0 Å². The van der Waals surface area contributed by atoms with E-state index in [0.29, 0.717) is 13.0 Å². The Hall–Kier alpha value is -1.31. The quantitative estimate of drug-likeness (QED) is 0.764. The maximum atomic E-state index is 12.1. The van der Waals surface area contributed by atoms with Crippen LogP contribution in [-0.4, -0.2) is 61.1 Å². The summed E-state index contributed by atoms with van der Waals surface area (Å²) < 4.78 is 23.0. The number of amides is 2. The molecule has 1 heterocycles. The van der Waals surface area contributed by atoms with Crippen molar-refractivity contribution in [2.24, 2.45) is 5.41 Å². The monoisotopic (exact) mass is 306 g/mol. The molecule has 0 aromatic carbocycles. The molecule has 1 saturated heterocycles. The zero-order chi connectivity index (χ0) is 15.6. The van der Waals surface area contributed by atoms with Gasteiger partial charge < -0.3 is 15.3 Å². The van der Waals surface area contributed by atoms with E-state index in [1.165, 1.54) is 4.90 Å². The highest BCUT2D eigenvalue weighted by Crippen LogP contribution is 2.20. The molecule has 2 amide bonds. The average Bonchev–Trinajstić information content (AvgIpc) is 2.44.